The average molecular weight is 258 g/mol. The lowest BCUT2D eigenvalue weighted by atomic mass is 9.82. The van der Waals surface area contributed by atoms with Gasteiger partial charge in [0.25, 0.3) is 0 Å². The zero-order valence-corrected chi connectivity index (χ0v) is 12.8. The molecule has 0 aliphatic heterocycles. The molecule has 0 spiro atoms. The van der Waals surface area contributed by atoms with Gasteiger partial charge in [0.1, 0.15) is 0 Å². The topological polar surface area (TPSA) is 0 Å². The second kappa shape index (κ2) is 7.72. The molecule has 106 valence electrons. The van der Waals surface area contributed by atoms with Crippen molar-refractivity contribution in [1.29, 1.82) is 0 Å². The molecule has 0 heterocycles. The van der Waals surface area contributed by atoms with Crippen LogP contribution in [0.15, 0.2) is 24.3 Å². The lowest BCUT2D eigenvalue weighted by Crippen LogP contribution is -2.05. The summed E-state index contributed by atoms with van der Waals surface area (Å²) in [6.07, 6.45) is 12.4. The minimum atomic E-state index is 0.787. The SMILES string of the molecule is CCCC(CCC)c1ccc(C2CCCCC2)cc1. The van der Waals surface area contributed by atoms with Gasteiger partial charge in [-0.25, -0.2) is 0 Å². The van der Waals surface area contributed by atoms with Crippen molar-refractivity contribution in [3.63, 3.8) is 0 Å². The van der Waals surface area contributed by atoms with E-state index in [9.17, 15) is 0 Å². The van der Waals surface area contributed by atoms with E-state index in [1.807, 2.05) is 0 Å². The molecule has 0 N–H and O–H groups in total. The van der Waals surface area contributed by atoms with Crippen molar-refractivity contribution in [1.82, 2.24) is 0 Å². The van der Waals surface area contributed by atoms with E-state index in [-0.39, 0.29) is 0 Å². The van der Waals surface area contributed by atoms with Crippen LogP contribution in [-0.4, -0.2) is 0 Å². The standard InChI is InChI=1S/C19H30/c1-3-8-16(9-4-2)18-12-14-19(15-13-18)17-10-6-5-7-11-17/h12-17H,3-11H2,1-2H3. The van der Waals surface area contributed by atoms with Crippen molar-refractivity contribution in [3.8, 4) is 0 Å². The first-order valence-electron chi connectivity index (χ1n) is 8.45. The second-order valence-corrected chi connectivity index (χ2v) is 6.28. The van der Waals surface area contributed by atoms with E-state index in [0.717, 1.165) is 11.8 Å². The first-order chi connectivity index (χ1) is 9.35. The van der Waals surface area contributed by atoms with Crippen LogP contribution in [0.3, 0.4) is 0 Å². The Morgan fingerprint density at radius 3 is 2.00 bits per heavy atom. The zero-order valence-electron chi connectivity index (χ0n) is 12.8. The summed E-state index contributed by atoms with van der Waals surface area (Å²) < 4.78 is 0. The first kappa shape index (κ1) is 14.6. The van der Waals surface area contributed by atoms with Gasteiger partial charge < -0.3 is 0 Å². The van der Waals surface area contributed by atoms with Gasteiger partial charge in [-0.1, -0.05) is 70.2 Å². The Hall–Kier alpha value is -0.780. The fourth-order valence-corrected chi connectivity index (χ4v) is 3.65. The third-order valence-electron chi connectivity index (χ3n) is 4.76. The first-order valence-corrected chi connectivity index (χ1v) is 8.45. The molecule has 0 atom stereocenters. The third kappa shape index (κ3) is 4.09. The Morgan fingerprint density at radius 2 is 1.47 bits per heavy atom. The van der Waals surface area contributed by atoms with Gasteiger partial charge in [-0.2, -0.15) is 0 Å². The minimum Gasteiger partial charge on any atom is -0.0654 e. The molecule has 0 radical (unpaired) electrons. The van der Waals surface area contributed by atoms with Crippen LogP contribution in [0.2, 0.25) is 0 Å². The number of benzene rings is 1. The van der Waals surface area contributed by atoms with Crippen molar-refractivity contribution in [2.75, 3.05) is 0 Å². The van der Waals surface area contributed by atoms with Crippen molar-refractivity contribution in [2.24, 2.45) is 0 Å². The van der Waals surface area contributed by atoms with Gasteiger partial charge in [0, 0.05) is 0 Å². The minimum absolute atomic E-state index is 0.787. The van der Waals surface area contributed by atoms with Gasteiger partial charge in [-0.15, -0.1) is 0 Å². The fourth-order valence-electron chi connectivity index (χ4n) is 3.65. The normalized spacial score (nSPS) is 17.0. The largest absolute Gasteiger partial charge is 0.0654 e. The smallest absolute Gasteiger partial charge is 0.0162 e. The molecule has 0 heteroatoms. The Balaban J connectivity index is 2.03. The predicted octanol–water partition coefficient (Wildman–Crippen LogP) is 6.42. The molecule has 1 aromatic rings. The van der Waals surface area contributed by atoms with E-state index < -0.39 is 0 Å². The van der Waals surface area contributed by atoms with Gasteiger partial charge in [0.05, 0.1) is 0 Å². The molecular weight excluding hydrogens is 228 g/mol. The molecule has 1 saturated carbocycles. The lowest BCUT2D eigenvalue weighted by Gasteiger charge is -2.23. The molecule has 0 nitrogen and oxygen atoms in total. The molecule has 0 unspecified atom stereocenters. The van der Waals surface area contributed by atoms with E-state index in [2.05, 4.69) is 38.1 Å². The number of hydrogen-bond donors (Lipinski definition) is 0. The monoisotopic (exact) mass is 258 g/mol. The molecule has 19 heavy (non-hydrogen) atoms. The summed E-state index contributed by atoms with van der Waals surface area (Å²) in [4.78, 5) is 0. The highest BCUT2D eigenvalue weighted by molar-refractivity contribution is 5.28. The highest BCUT2D eigenvalue weighted by atomic mass is 14.2. The van der Waals surface area contributed by atoms with Gasteiger partial charge >= 0.3 is 0 Å². The van der Waals surface area contributed by atoms with E-state index in [4.69, 9.17) is 0 Å². The molecule has 0 bridgehead atoms. The summed E-state index contributed by atoms with van der Waals surface area (Å²) >= 11 is 0. The van der Waals surface area contributed by atoms with Gasteiger partial charge in [0.15, 0.2) is 0 Å². The maximum absolute atomic E-state index is 2.42. The highest BCUT2D eigenvalue weighted by Gasteiger charge is 2.16. The molecular formula is C19H30. The van der Waals surface area contributed by atoms with Crippen LogP contribution < -0.4 is 0 Å². The molecule has 1 aromatic carbocycles. The lowest BCUT2D eigenvalue weighted by molar-refractivity contribution is 0.443. The summed E-state index contributed by atoms with van der Waals surface area (Å²) in [5, 5.41) is 0. The number of hydrogen-bond acceptors (Lipinski definition) is 0. The second-order valence-electron chi connectivity index (χ2n) is 6.28. The van der Waals surface area contributed by atoms with E-state index in [1.165, 1.54) is 57.8 Å². The fraction of sp³-hybridized carbons (Fsp3) is 0.684. The van der Waals surface area contributed by atoms with Crippen LogP contribution >= 0.6 is 0 Å². The van der Waals surface area contributed by atoms with Crippen molar-refractivity contribution < 1.29 is 0 Å². The molecule has 0 saturated heterocycles. The summed E-state index contributed by atoms with van der Waals surface area (Å²) in [6.45, 7) is 4.61. The van der Waals surface area contributed by atoms with Crippen molar-refractivity contribution >= 4 is 0 Å². The predicted molar refractivity (Wildman–Crippen MR) is 84.8 cm³/mol. The molecule has 1 aliphatic rings. The van der Waals surface area contributed by atoms with Crippen LogP contribution in [0.5, 0.6) is 0 Å². The Bertz CT molecular complexity index is 337. The average Bonchev–Trinajstić information content (AvgIpc) is 2.48. The Morgan fingerprint density at radius 1 is 0.895 bits per heavy atom. The zero-order chi connectivity index (χ0) is 13.5. The van der Waals surface area contributed by atoms with Crippen LogP contribution in [0, 0.1) is 0 Å². The molecule has 0 aromatic heterocycles. The van der Waals surface area contributed by atoms with Crippen LogP contribution in [0.4, 0.5) is 0 Å². The summed E-state index contributed by atoms with van der Waals surface area (Å²) in [7, 11) is 0. The molecule has 1 aliphatic carbocycles. The van der Waals surface area contributed by atoms with Crippen molar-refractivity contribution in [2.45, 2.75) is 83.5 Å². The highest BCUT2D eigenvalue weighted by Crippen LogP contribution is 2.34. The van der Waals surface area contributed by atoms with Crippen LogP contribution in [0.1, 0.15) is 94.6 Å². The maximum atomic E-state index is 2.42. The summed E-state index contributed by atoms with van der Waals surface area (Å²) in [5.74, 6) is 1.63. The quantitative estimate of drug-likeness (QED) is 0.552. The van der Waals surface area contributed by atoms with Crippen LogP contribution in [0.25, 0.3) is 0 Å². The summed E-state index contributed by atoms with van der Waals surface area (Å²) in [6, 6.07) is 9.67. The van der Waals surface area contributed by atoms with Gasteiger partial charge in [-0.3, -0.25) is 0 Å². The van der Waals surface area contributed by atoms with E-state index in [0.29, 0.717) is 0 Å². The van der Waals surface area contributed by atoms with Crippen LogP contribution in [-0.2, 0) is 0 Å². The maximum Gasteiger partial charge on any atom is -0.0162 e. The molecule has 0 amide bonds. The van der Waals surface area contributed by atoms with E-state index >= 15 is 0 Å². The molecule has 2 rings (SSSR count). The number of rotatable bonds is 6. The Kier molecular flexibility index (Phi) is 5.94. The third-order valence-corrected chi connectivity index (χ3v) is 4.76. The van der Waals surface area contributed by atoms with Crippen molar-refractivity contribution in [3.05, 3.63) is 35.4 Å². The molecule has 1 fully saturated rings. The van der Waals surface area contributed by atoms with Gasteiger partial charge in [-0.05, 0) is 48.6 Å². The van der Waals surface area contributed by atoms with Gasteiger partial charge in [0.2, 0.25) is 0 Å². The van der Waals surface area contributed by atoms with E-state index in [1.54, 1.807) is 11.1 Å². The Labute approximate surface area is 119 Å². The summed E-state index contributed by atoms with van der Waals surface area (Å²) in [5.41, 5.74) is 3.17.